The van der Waals surface area contributed by atoms with Crippen LogP contribution in [0.4, 0.5) is 0 Å². The summed E-state index contributed by atoms with van der Waals surface area (Å²) in [6, 6.07) is 0. The molecule has 88 valence electrons. The SMILES string of the molecule is C=C(CNCCCC)C1(O)CCCCC1. The summed E-state index contributed by atoms with van der Waals surface area (Å²) in [4.78, 5) is 0. The lowest BCUT2D eigenvalue weighted by molar-refractivity contribution is 0.0380. The molecule has 2 N–H and O–H groups in total. The lowest BCUT2D eigenvalue weighted by atomic mass is 9.80. The minimum atomic E-state index is -0.572. The minimum Gasteiger partial charge on any atom is -0.385 e. The van der Waals surface area contributed by atoms with Gasteiger partial charge >= 0.3 is 0 Å². The van der Waals surface area contributed by atoms with Gasteiger partial charge in [0.25, 0.3) is 0 Å². The number of unbranched alkanes of at least 4 members (excludes halogenated alkanes) is 1. The Labute approximate surface area is 93.8 Å². The van der Waals surface area contributed by atoms with Crippen LogP contribution in [0.25, 0.3) is 0 Å². The second-order valence-electron chi connectivity index (χ2n) is 4.73. The second-order valence-corrected chi connectivity index (χ2v) is 4.73. The Morgan fingerprint density at radius 3 is 2.60 bits per heavy atom. The van der Waals surface area contributed by atoms with Gasteiger partial charge in [-0.1, -0.05) is 39.2 Å². The predicted octanol–water partition coefficient (Wildman–Crippen LogP) is 2.63. The van der Waals surface area contributed by atoms with E-state index in [1.165, 1.54) is 19.3 Å². The molecule has 2 nitrogen and oxygen atoms in total. The lowest BCUT2D eigenvalue weighted by Gasteiger charge is -2.34. The molecule has 15 heavy (non-hydrogen) atoms. The molecule has 0 amide bonds. The van der Waals surface area contributed by atoms with Gasteiger partial charge in [-0.25, -0.2) is 0 Å². The van der Waals surface area contributed by atoms with Crippen LogP contribution in [0.2, 0.25) is 0 Å². The Bertz CT molecular complexity index is 195. The van der Waals surface area contributed by atoms with E-state index in [-0.39, 0.29) is 0 Å². The summed E-state index contributed by atoms with van der Waals surface area (Å²) < 4.78 is 0. The summed E-state index contributed by atoms with van der Waals surface area (Å²) in [6.45, 7) is 8.03. The summed E-state index contributed by atoms with van der Waals surface area (Å²) in [7, 11) is 0. The molecule has 0 spiro atoms. The van der Waals surface area contributed by atoms with Crippen molar-refractivity contribution in [1.82, 2.24) is 5.32 Å². The highest BCUT2D eigenvalue weighted by atomic mass is 16.3. The maximum absolute atomic E-state index is 10.4. The smallest absolute Gasteiger partial charge is 0.0866 e. The Balaban J connectivity index is 2.25. The topological polar surface area (TPSA) is 32.3 Å². The van der Waals surface area contributed by atoms with Gasteiger partial charge in [0, 0.05) is 6.54 Å². The molecule has 0 saturated heterocycles. The molecule has 0 aromatic carbocycles. The van der Waals surface area contributed by atoms with Gasteiger partial charge in [-0.15, -0.1) is 0 Å². The van der Waals surface area contributed by atoms with Crippen LogP contribution in [0.1, 0.15) is 51.9 Å². The minimum absolute atomic E-state index is 0.572. The maximum atomic E-state index is 10.4. The molecule has 1 saturated carbocycles. The first-order valence-corrected chi connectivity index (χ1v) is 6.30. The molecule has 1 rings (SSSR count). The van der Waals surface area contributed by atoms with Crippen LogP contribution in [0, 0.1) is 0 Å². The monoisotopic (exact) mass is 211 g/mol. The van der Waals surface area contributed by atoms with Crippen LogP contribution in [-0.2, 0) is 0 Å². The van der Waals surface area contributed by atoms with Crippen molar-refractivity contribution < 1.29 is 5.11 Å². The van der Waals surface area contributed by atoms with E-state index in [9.17, 15) is 5.11 Å². The first-order valence-electron chi connectivity index (χ1n) is 6.30. The van der Waals surface area contributed by atoms with Crippen LogP contribution in [0.15, 0.2) is 12.2 Å². The zero-order valence-electron chi connectivity index (χ0n) is 10.0. The van der Waals surface area contributed by atoms with Gasteiger partial charge in [-0.05, 0) is 31.4 Å². The Morgan fingerprint density at radius 2 is 2.00 bits per heavy atom. The summed E-state index contributed by atoms with van der Waals surface area (Å²) in [5.74, 6) is 0. The average Bonchev–Trinajstić information content (AvgIpc) is 2.25. The molecule has 0 heterocycles. The van der Waals surface area contributed by atoms with Gasteiger partial charge in [0.15, 0.2) is 0 Å². The predicted molar refractivity (Wildman–Crippen MR) is 65.0 cm³/mol. The van der Waals surface area contributed by atoms with Crippen LogP contribution in [0.5, 0.6) is 0 Å². The van der Waals surface area contributed by atoms with Crippen molar-refractivity contribution >= 4 is 0 Å². The van der Waals surface area contributed by atoms with Crippen LogP contribution in [-0.4, -0.2) is 23.8 Å². The molecular formula is C13H25NO. The molecular weight excluding hydrogens is 186 g/mol. The summed E-state index contributed by atoms with van der Waals surface area (Å²) in [6.07, 6.45) is 7.77. The molecule has 0 unspecified atom stereocenters. The molecule has 0 aromatic heterocycles. The highest BCUT2D eigenvalue weighted by molar-refractivity contribution is 5.15. The Morgan fingerprint density at radius 1 is 1.33 bits per heavy atom. The van der Waals surface area contributed by atoms with Crippen LogP contribution >= 0.6 is 0 Å². The summed E-state index contributed by atoms with van der Waals surface area (Å²) >= 11 is 0. The lowest BCUT2D eigenvalue weighted by Crippen LogP contribution is -2.37. The van der Waals surface area contributed by atoms with E-state index in [0.29, 0.717) is 0 Å². The van der Waals surface area contributed by atoms with Gasteiger partial charge in [0.2, 0.25) is 0 Å². The van der Waals surface area contributed by atoms with Gasteiger partial charge in [-0.3, -0.25) is 0 Å². The first kappa shape index (κ1) is 12.7. The standard InChI is InChI=1S/C13H25NO/c1-3-4-10-14-11-12(2)13(15)8-6-5-7-9-13/h14-15H,2-11H2,1H3. The van der Waals surface area contributed by atoms with Crippen molar-refractivity contribution in [2.24, 2.45) is 0 Å². The molecule has 0 aliphatic heterocycles. The number of nitrogens with one attached hydrogen (secondary N) is 1. The van der Waals surface area contributed by atoms with E-state index in [4.69, 9.17) is 0 Å². The van der Waals surface area contributed by atoms with Crippen molar-refractivity contribution in [1.29, 1.82) is 0 Å². The zero-order chi connectivity index (χ0) is 11.1. The normalized spacial score (nSPS) is 20.1. The Kier molecular flexibility index (Phi) is 5.34. The van der Waals surface area contributed by atoms with Crippen molar-refractivity contribution in [3.63, 3.8) is 0 Å². The van der Waals surface area contributed by atoms with E-state index in [1.54, 1.807) is 0 Å². The van der Waals surface area contributed by atoms with Crippen LogP contribution < -0.4 is 5.32 Å². The van der Waals surface area contributed by atoms with E-state index in [0.717, 1.165) is 44.3 Å². The fraction of sp³-hybridized carbons (Fsp3) is 0.846. The fourth-order valence-electron chi connectivity index (χ4n) is 2.20. The maximum Gasteiger partial charge on any atom is 0.0866 e. The van der Waals surface area contributed by atoms with Crippen molar-refractivity contribution in [2.45, 2.75) is 57.5 Å². The molecule has 0 bridgehead atoms. The van der Waals surface area contributed by atoms with Gasteiger partial charge < -0.3 is 10.4 Å². The molecule has 0 radical (unpaired) electrons. The highest BCUT2D eigenvalue weighted by Crippen LogP contribution is 2.32. The quantitative estimate of drug-likeness (QED) is 0.523. The zero-order valence-corrected chi connectivity index (χ0v) is 10.0. The molecule has 2 heteroatoms. The van der Waals surface area contributed by atoms with Crippen molar-refractivity contribution in [2.75, 3.05) is 13.1 Å². The van der Waals surface area contributed by atoms with Crippen molar-refractivity contribution in [3.8, 4) is 0 Å². The molecule has 1 fully saturated rings. The molecule has 1 aliphatic carbocycles. The van der Waals surface area contributed by atoms with E-state index in [2.05, 4.69) is 18.8 Å². The average molecular weight is 211 g/mol. The largest absolute Gasteiger partial charge is 0.385 e. The van der Waals surface area contributed by atoms with E-state index >= 15 is 0 Å². The van der Waals surface area contributed by atoms with Gasteiger partial charge in [0.1, 0.15) is 0 Å². The third-order valence-electron chi connectivity index (χ3n) is 3.38. The van der Waals surface area contributed by atoms with E-state index in [1.807, 2.05) is 0 Å². The Hall–Kier alpha value is -0.340. The highest BCUT2D eigenvalue weighted by Gasteiger charge is 2.31. The third kappa shape index (κ3) is 3.96. The summed E-state index contributed by atoms with van der Waals surface area (Å²) in [5.41, 5.74) is 0.413. The molecule has 1 aliphatic rings. The number of hydrogen-bond donors (Lipinski definition) is 2. The van der Waals surface area contributed by atoms with Gasteiger partial charge in [0.05, 0.1) is 5.60 Å². The number of hydrogen-bond acceptors (Lipinski definition) is 2. The molecule has 0 aromatic rings. The number of aliphatic hydroxyl groups is 1. The van der Waals surface area contributed by atoms with E-state index < -0.39 is 5.60 Å². The molecule has 0 atom stereocenters. The van der Waals surface area contributed by atoms with Crippen LogP contribution in [0.3, 0.4) is 0 Å². The second kappa shape index (κ2) is 6.29. The van der Waals surface area contributed by atoms with Crippen molar-refractivity contribution in [3.05, 3.63) is 12.2 Å². The fourth-order valence-corrected chi connectivity index (χ4v) is 2.20. The summed E-state index contributed by atoms with van der Waals surface area (Å²) in [5, 5.41) is 13.7. The third-order valence-corrected chi connectivity index (χ3v) is 3.38. The first-order chi connectivity index (χ1) is 7.19. The van der Waals surface area contributed by atoms with Gasteiger partial charge in [-0.2, -0.15) is 0 Å². The number of rotatable bonds is 6.